The van der Waals surface area contributed by atoms with Crippen LogP contribution in [0.1, 0.15) is 30.5 Å². The highest BCUT2D eigenvalue weighted by Crippen LogP contribution is 2.31. The number of anilines is 2. The summed E-state index contributed by atoms with van der Waals surface area (Å²) in [5.41, 5.74) is 8.44. The van der Waals surface area contributed by atoms with E-state index in [2.05, 4.69) is 11.0 Å². The number of hydrogen-bond acceptors (Lipinski definition) is 3. The number of halogens is 1. The molecule has 0 unspecified atom stereocenters. The molecule has 1 aliphatic rings. The Hall–Kier alpha value is -2.12. The largest absolute Gasteiger partial charge is 0.396 e. The summed E-state index contributed by atoms with van der Waals surface area (Å²) >= 11 is 6.27. The van der Waals surface area contributed by atoms with E-state index in [1.165, 1.54) is 19.3 Å². The van der Waals surface area contributed by atoms with Crippen molar-refractivity contribution in [3.8, 4) is 6.07 Å². The molecule has 1 aromatic heterocycles. The van der Waals surface area contributed by atoms with Crippen LogP contribution in [0, 0.1) is 11.3 Å². The standard InChI is InChI=1S/C17H19ClN4/c18-15-7-3-2-6-13(15)12-22-14(11-19)10-16(20)17(22)21-8-4-1-5-9-21/h2-3,6-7,10H,1,4-5,8-9,12,20H2. The summed E-state index contributed by atoms with van der Waals surface area (Å²) in [5, 5.41) is 10.1. The molecule has 4 nitrogen and oxygen atoms in total. The molecule has 3 rings (SSSR count). The van der Waals surface area contributed by atoms with Gasteiger partial charge in [0.2, 0.25) is 0 Å². The SMILES string of the molecule is N#Cc1cc(N)c(N2CCCCC2)n1Cc1ccccc1Cl. The number of nitrogens with two attached hydrogens (primary N) is 1. The van der Waals surface area contributed by atoms with Crippen molar-refractivity contribution in [2.45, 2.75) is 25.8 Å². The lowest BCUT2D eigenvalue weighted by atomic mass is 10.1. The van der Waals surface area contributed by atoms with E-state index in [1.807, 2.05) is 28.8 Å². The van der Waals surface area contributed by atoms with E-state index in [-0.39, 0.29) is 0 Å². The Balaban J connectivity index is 2.01. The topological polar surface area (TPSA) is 58.0 Å². The summed E-state index contributed by atoms with van der Waals surface area (Å²) in [5.74, 6) is 0.955. The Labute approximate surface area is 135 Å². The van der Waals surface area contributed by atoms with Gasteiger partial charge in [-0.05, 0) is 37.0 Å². The molecule has 5 heteroatoms. The fourth-order valence-corrected chi connectivity index (χ4v) is 3.26. The lowest BCUT2D eigenvalue weighted by molar-refractivity contribution is 0.564. The third-order valence-electron chi connectivity index (χ3n) is 4.15. The lowest BCUT2D eigenvalue weighted by Gasteiger charge is -2.30. The smallest absolute Gasteiger partial charge is 0.133 e. The Morgan fingerprint density at radius 3 is 2.59 bits per heavy atom. The molecule has 2 aromatic rings. The third kappa shape index (κ3) is 2.77. The highest BCUT2D eigenvalue weighted by atomic mass is 35.5. The van der Waals surface area contributed by atoms with Crippen LogP contribution < -0.4 is 10.6 Å². The number of nitriles is 1. The second kappa shape index (κ2) is 6.33. The number of nitrogens with zero attached hydrogens (tertiary/aromatic N) is 3. The Morgan fingerprint density at radius 2 is 1.91 bits per heavy atom. The molecule has 0 amide bonds. The maximum Gasteiger partial charge on any atom is 0.133 e. The van der Waals surface area contributed by atoms with Crippen molar-refractivity contribution in [3.63, 3.8) is 0 Å². The van der Waals surface area contributed by atoms with Crippen molar-refractivity contribution in [2.24, 2.45) is 0 Å². The molecule has 1 aromatic carbocycles. The molecule has 0 bridgehead atoms. The number of piperidine rings is 1. The van der Waals surface area contributed by atoms with Gasteiger partial charge < -0.3 is 15.2 Å². The quantitative estimate of drug-likeness (QED) is 0.941. The van der Waals surface area contributed by atoms with Crippen LogP contribution in [0.3, 0.4) is 0 Å². The number of benzene rings is 1. The van der Waals surface area contributed by atoms with E-state index < -0.39 is 0 Å². The zero-order valence-electron chi connectivity index (χ0n) is 12.4. The molecule has 0 saturated carbocycles. The van der Waals surface area contributed by atoms with Gasteiger partial charge in [0.05, 0.1) is 12.2 Å². The number of nitrogen functional groups attached to an aromatic ring is 1. The molecule has 1 aliphatic heterocycles. The fraction of sp³-hybridized carbons (Fsp3) is 0.353. The van der Waals surface area contributed by atoms with Crippen molar-refractivity contribution >= 4 is 23.1 Å². The van der Waals surface area contributed by atoms with Crippen LogP contribution >= 0.6 is 11.6 Å². The zero-order valence-corrected chi connectivity index (χ0v) is 13.2. The molecule has 2 N–H and O–H groups in total. The lowest BCUT2D eigenvalue weighted by Crippen LogP contribution is -2.32. The van der Waals surface area contributed by atoms with Crippen LogP contribution in [0.15, 0.2) is 30.3 Å². The maximum atomic E-state index is 9.42. The van der Waals surface area contributed by atoms with E-state index in [0.717, 1.165) is 24.5 Å². The van der Waals surface area contributed by atoms with Gasteiger partial charge in [-0.1, -0.05) is 29.8 Å². The first-order chi connectivity index (χ1) is 10.7. The summed E-state index contributed by atoms with van der Waals surface area (Å²) in [6, 6.07) is 11.7. The van der Waals surface area contributed by atoms with Crippen LogP contribution in [0.4, 0.5) is 11.5 Å². The van der Waals surface area contributed by atoms with Crippen LogP contribution in [-0.4, -0.2) is 17.7 Å². The van der Waals surface area contributed by atoms with Gasteiger partial charge in [-0.25, -0.2) is 0 Å². The first-order valence-corrected chi connectivity index (χ1v) is 7.96. The van der Waals surface area contributed by atoms with E-state index >= 15 is 0 Å². The van der Waals surface area contributed by atoms with Crippen LogP contribution in [0.25, 0.3) is 0 Å². The molecule has 2 heterocycles. The average molecular weight is 315 g/mol. The molecule has 0 atom stereocenters. The van der Waals surface area contributed by atoms with Gasteiger partial charge in [0, 0.05) is 18.1 Å². The first kappa shape index (κ1) is 14.8. The van der Waals surface area contributed by atoms with Gasteiger partial charge in [0.15, 0.2) is 0 Å². The summed E-state index contributed by atoms with van der Waals surface area (Å²) in [4.78, 5) is 2.29. The van der Waals surface area contributed by atoms with Gasteiger partial charge in [0.25, 0.3) is 0 Å². The predicted octanol–water partition coefficient (Wildman–Crippen LogP) is 3.63. The fourth-order valence-electron chi connectivity index (χ4n) is 3.07. The minimum absolute atomic E-state index is 0.561. The highest BCUT2D eigenvalue weighted by molar-refractivity contribution is 6.31. The van der Waals surface area contributed by atoms with Crippen molar-refractivity contribution in [1.82, 2.24) is 4.57 Å². The van der Waals surface area contributed by atoms with E-state index in [1.54, 1.807) is 6.07 Å². The first-order valence-electron chi connectivity index (χ1n) is 7.58. The van der Waals surface area contributed by atoms with Crippen LogP contribution in [0.5, 0.6) is 0 Å². The van der Waals surface area contributed by atoms with Crippen molar-refractivity contribution < 1.29 is 0 Å². The molecule has 1 fully saturated rings. The van der Waals surface area contributed by atoms with E-state index in [0.29, 0.717) is 22.9 Å². The van der Waals surface area contributed by atoms with E-state index in [9.17, 15) is 5.26 Å². The molecule has 0 radical (unpaired) electrons. The Bertz CT molecular complexity index is 708. The van der Waals surface area contributed by atoms with Crippen LogP contribution in [-0.2, 0) is 6.54 Å². The molecule has 0 spiro atoms. The Kier molecular flexibility index (Phi) is 4.26. The molecule has 114 valence electrons. The molecular weight excluding hydrogens is 296 g/mol. The van der Waals surface area contributed by atoms with Gasteiger partial charge in [0.1, 0.15) is 17.6 Å². The number of aromatic nitrogens is 1. The van der Waals surface area contributed by atoms with Gasteiger partial charge in [-0.15, -0.1) is 0 Å². The minimum atomic E-state index is 0.561. The highest BCUT2D eigenvalue weighted by Gasteiger charge is 2.21. The van der Waals surface area contributed by atoms with Gasteiger partial charge in [-0.2, -0.15) is 5.26 Å². The second-order valence-corrected chi connectivity index (χ2v) is 6.05. The predicted molar refractivity (Wildman–Crippen MR) is 90.2 cm³/mol. The van der Waals surface area contributed by atoms with Crippen molar-refractivity contribution in [2.75, 3.05) is 23.7 Å². The van der Waals surface area contributed by atoms with E-state index in [4.69, 9.17) is 17.3 Å². The van der Waals surface area contributed by atoms with Crippen molar-refractivity contribution in [3.05, 3.63) is 46.6 Å². The molecule has 1 saturated heterocycles. The molecular formula is C17H19ClN4. The minimum Gasteiger partial charge on any atom is -0.396 e. The third-order valence-corrected chi connectivity index (χ3v) is 4.52. The summed E-state index contributed by atoms with van der Waals surface area (Å²) in [6.07, 6.45) is 3.59. The monoisotopic (exact) mass is 314 g/mol. The maximum absolute atomic E-state index is 9.42. The summed E-state index contributed by atoms with van der Waals surface area (Å²) < 4.78 is 1.99. The normalized spacial score (nSPS) is 14.8. The molecule has 22 heavy (non-hydrogen) atoms. The number of hydrogen-bond donors (Lipinski definition) is 1. The average Bonchev–Trinajstić information content (AvgIpc) is 2.86. The van der Waals surface area contributed by atoms with Gasteiger partial charge >= 0.3 is 0 Å². The molecule has 0 aliphatic carbocycles. The van der Waals surface area contributed by atoms with Gasteiger partial charge in [-0.3, -0.25) is 0 Å². The summed E-state index contributed by atoms with van der Waals surface area (Å²) in [7, 11) is 0. The summed E-state index contributed by atoms with van der Waals surface area (Å²) in [6.45, 7) is 2.54. The zero-order chi connectivity index (χ0) is 15.5. The second-order valence-electron chi connectivity index (χ2n) is 5.65. The Morgan fingerprint density at radius 1 is 1.18 bits per heavy atom. The van der Waals surface area contributed by atoms with Crippen LogP contribution in [0.2, 0.25) is 5.02 Å². The van der Waals surface area contributed by atoms with Crippen molar-refractivity contribution in [1.29, 1.82) is 5.26 Å². The number of rotatable bonds is 3.